The molecule has 0 aromatic heterocycles. The van der Waals surface area contributed by atoms with Gasteiger partial charge in [0.2, 0.25) is 11.8 Å². The Balaban J connectivity index is 1.75. The van der Waals surface area contributed by atoms with Crippen LogP contribution in [-0.2, 0) is 28.9 Å². The van der Waals surface area contributed by atoms with Crippen molar-refractivity contribution in [3.8, 4) is 6.07 Å². The first-order valence-electron chi connectivity index (χ1n) is 15.0. The maximum atomic E-state index is 13.6. The molecule has 0 aliphatic heterocycles. The fourth-order valence-electron chi connectivity index (χ4n) is 4.83. The monoisotopic (exact) mass is 664 g/mol. The number of hydrogen-bond donors (Lipinski definition) is 5. The van der Waals surface area contributed by atoms with E-state index in [1.807, 2.05) is 75.4 Å². The molecule has 5 N–H and O–H groups in total. The van der Waals surface area contributed by atoms with Gasteiger partial charge in [0.15, 0.2) is 0 Å². The third-order valence-corrected chi connectivity index (χ3v) is 7.75. The van der Waals surface area contributed by atoms with E-state index < -0.39 is 42.4 Å². The van der Waals surface area contributed by atoms with Crippen molar-refractivity contribution in [3.63, 3.8) is 0 Å². The van der Waals surface area contributed by atoms with E-state index in [0.29, 0.717) is 24.3 Å². The standard InChI is InChI=1S/C34H39BCl2N4O5/c1-34(2,3)41-31(42)25(21-38)14-12-23-10-7-11-24(18-23)13-17-29(39-32(43)27-20-26(36)15-16-28(27)37)33(44)40-30(35(45)46)19-22-8-5-4-6-9-22/h4-11,15-16,18,20,25,29-30,45-46H,12-14,17,19H2,1-3H3,(H,39,43)(H,40,44)(H,41,42)/t25?,29-,30-/m0/s1. The molecule has 1 unspecified atom stereocenters. The number of carbonyl (C=O) groups is 3. The van der Waals surface area contributed by atoms with E-state index in [1.54, 1.807) is 6.07 Å². The van der Waals surface area contributed by atoms with Crippen LogP contribution in [-0.4, -0.2) is 52.4 Å². The zero-order valence-electron chi connectivity index (χ0n) is 26.1. The van der Waals surface area contributed by atoms with Gasteiger partial charge in [-0.15, -0.1) is 0 Å². The lowest BCUT2D eigenvalue weighted by molar-refractivity contribution is -0.125. The highest BCUT2D eigenvalue weighted by Gasteiger charge is 2.30. The van der Waals surface area contributed by atoms with E-state index in [1.165, 1.54) is 12.1 Å². The van der Waals surface area contributed by atoms with Crippen molar-refractivity contribution in [2.24, 2.45) is 5.92 Å². The largest absolute Gasteiger partial charge is 0.475 e. The third kappa shape index (κ3) is 11.8. The van der Waals surface area contributed by atoms with Crippen molar-refractivity contribution >= 4 is 48.0 Å². The average molecular weight is 665 g/mol. The minimum atomic E-state index is -1.85. The summed E-state index contributed by atoms with van der Waals surface area (Å²) in [6, 6.07) is 22.1. The predicted molar refractivity (Wildman–Crippen MR) is 180 cm³/mol. The summed E-state index contributed by atoms with van der Waals surface area (Å²) in [6.45, 7) is 5.58. The quantitative estimate of drug-likeness (QED) is 0.161. The van der Waals surface area contributed by atoms with Gasteiger partial charge in [0.1, 0.15) is 12.0 Å². The van der Waals surface area contributed by atoms with Crippen LogP contribution < -0.4 is 16.0 Å². The SMILES string of the molecule is CC(C)(C)NC(=O)C(C#N)CCc1cccc(CC[C@H](NC(=O)c2cc(Cl)ccc2Cl)C(=O)N[C@@H](Cc2ccccc2)B(O)O)c1. The summed E-state index contributed by atoms with van der Waals surface area (Å²) >= 11 is 12.3. The first-order chi connectivity index (χ1) is 21.8. The number of nitriles is 1. The predicted octanol–water partition coefficient (Wildman–Crippen LogP) is 4.45. The Bertz CT molecular complexity index is 1540. The summed E-state index contributed by atoms with van der Waals surface area (Å²) in [7, 11) is -1.85. The fraction of sp³-hybridized carbons (Fsp3) is 0.353. The summed E-state index contributed by atoms with van der Waals surface area (Å²) in [5, 5.41) is 38.4. The van der Waals surface area contributed by atoms with E-state index in [-0.39, 0.29) is 29.3 Å². The summed E-state index contributed by atoms with van der Waals surface area (Å²) in [5.74, 6) is -3.35. The van der Waals surface area contributed by atoms with Gasteiger partial charge in [-0.1, -0.05) is 77.8 Å². The van der Waals surface area contributed by atoms with Gasteiger partial charge in [-0.2, -0.15) is 5.26 Å². The Kier molecular flexibility index (Phi) is 13.6. The molecule has 242 valence electrons. The highest BCUT2D eigenvalue weighted by Crippen LogP contribution is 2.21. The third-order valence-electron chi connectivity index (χ3n) is 7.19. The van der Waals surface area contributed by atoms with E-state index >= 15 is 0 Å². The maximum Gasteiger partial charge on any atom is 0.475 e. The number of nitrogens with zero attached hydrogens (tertiary/aromatic N) is 1. The Morgan fingerprint density at radius 3 is 2.09 bits per heavy atom. The molecule has 0 heterocycles. The van der Waals surface area contributed by atoms with E-state index in [0.717, 1.165) is 16.7 Å². The molecule has 9 nitrogen and oxygen atoms in total. The van der Waals surface area contributed by atoms with E-state index in [2.05, 4.69) is 22.0 Å². The van der Waals surface area contributed by atoms with Crippen molar-refractivity contribution in [1.29, 1.82) is 5.26 Å². The van der Waals surface area contributed by atoms with Crippen LogP contribution in [0.4, 0.5) is 0 Å². The van der Waals surface area contributed by atoms with Gasteiger partial charge in [0.25, 0.3) is 5.91 Å². The second-order valence-corrected chi connectivity index (χ2v) is 13.0. The summed E-state index contributed by atoms with van der Waals surface area (Å²) < 4.78 is 0. The lowest BCUT2D eigenvalue weighted by Crippen LogP contribution is -2.54. The molecule has 0 aliphatic rings. The van der Waals surface area contributed by atoms with E-state index in [9.17, 15) is 29.7 Å². The fourth-order valence-corrected chi connectivity index (χ4v) is 5.21. The van der Waals surface area contributed by atoms with Crippen LogP contribution in [0.2, 0.25) is 10.0 Å². The van der Waals surface area contributed by atoms with Crippen molar-refractivity contribution in [2.45, 2.75) is 70.4 Å². The second-order valence-electron chi connectivity index (χ2n) is 12.2. The number of hydrogen-bond acceptors (Lipinski definition) is 6. The van der Waals surface area contributed by atoms with Gasteiger partial charge in [0.05, 0.1) is 22.6 Å². The van der Waals surface area contributed by atoms with Gasteiger partial charge in [-0.3, -0.25) is 14.4 Å². The van der Waals surface area contributed by atoms with Crippen LogP contribution in [0.25, 0.3) is 0 Å². The number of aryl methyl sites for hydroxylation is 2. The van der Waals surface area contributed by atoms with Gasteiger partial charge >= 0.3 is 7.12 Å². The summed E-state index contributed by atoms with van der Waals surface area (Å²) in [5.41, 5.74) is 2.24. The molecule has 0 saturated heterocycles. The molecule has 0 fully saturated rings. The van der Waals surface area contributed by atoms with Gasteiger partial charge in [0, 0.05) is 10.6 Å². The minimum absolute atomic E-state index is 0.0968. The van der Waals surface area contributed by atoms with E-state index in [4.69, 9.17) is 23.2 Å². The molecular weight excluding hydrogens is 626 g/mol. The second kappa shape index (κ2) is 17.2. The zero-order valence-corrected chi connectivity index (χ0v) is 27.6. The maximum absolute atomic E-state index is 13.6. The minimum Gasteiger partial charge on any atom is -0.426 e. The molecule has 0 radical (unpaired) electrons. The molecule has 0 bridgehead atoms. The summed E-state index contributed by atoms with van der Waals surface area (Å²) in [6.07, 6.45) is 1.55. The zero-order chi connectivity index (χ0) is 33.9. The topological polar surface area (TPSA) is 152 Å². The Labute approximate surface area is 280 Å². The van der Waals surface area contributed by atoms with Gasteiger partial charge in [-0.05, 0) is 87.8 Å². The van der Waals surface area contributed by atoms with Gasteiger partial charge in [-0.25, -0.2) is 0 Å². The van der Waals surface area contributed by atoms with Crippen LogP contribution in [0, 0.1) is 17.2 Å². The number of rotatable bonds is 14. The average Bonchev–Trinajstić information content (AvgIpc) is 3.00. The van der Waals surface area contributed by atoms with Crippen LogP contribution in [0.3, 0.4) is 0 Å². The van der Waals surface area contributed by atoms with Crippen LogP contribution >= 0.6 is 23.2 Å². The summed E-state index contributed by atoms with van der Waals surface area (Å²) in [4.78, 5) is 39.3. The van der Waals surface area contributed by atoms with Crippen molar-refractivity contribution < 1.29 is 24.4 Å². The van der Waals surface area contributed by atoms with Crippen LogP contribution in [0.5, 0.6) is 0 Å². The Morgan fingerprint density at radius 2 is 1.48 bits per heavy atom. The van der Waals surface area contributed by atoms with Crippen LogP contribution in [0.15, 0.2) is 72.8 Å². The van der Waals surface area contributed by atoms with Crippen molar-refractivity contribution in [3.05, 3.63) is 105 Å². The highest BCUT2D eigenvalue weighted by molar-refractivity contribution is 6.43. The smallest absolute Gasteiger partial charge is 0.426 e. The number of halogens is 2. The number of nitrogens with one attached hydrogen (secondary N) is 3. The Hall–Kier alpha value is -3.88. The number of benzene rings is 3. The molecule has 0 aliphatic carbocycles. The van der Waals surface area contributed by atoms with Crippen molar-refractivity contribution in [1.82, 2.24) is 16.0 Å². The number of carbonyl (C=O) groups excluding carboxylic acids is 3. The molecular formula is C34H39BCl2N4O5. The molecule has 3 atom stereocenters. The molecule has 0 spiro atoms. The normalized spacial score (nSPS) is 13.1. The molecule has 3 aromatic carbocycles. The molecule has 3 aromatic rings. The number of amides is 3. The molecule has 46 heavy (non-hydrogen) atoms. The molecule has 3 rings (SSSR count). The van der Waals surface area contributed by atoms with Crippen molar-refractivity contribution in [2.75, 3.05) is 0 Å². The Morgan fingerprint density at radius 1 is 0.848 bits per heavy atom. The molecule has 12 heteroatoms. The highest BCUT2D eigenvalue weighted by atomic mass is 35.5. The lowest BCUT2D eigenvalue weighted by Gasteiger charge is -2.24. The lowest BCUT2D eigenvalue weighted by atomic mass is 9.75. The van der Waals surface area contributed by atoms with Crippen LogP contribution in [0.1, 0.15) is 60.7 Å². The first kappa shape index (κ1) is 36.6. The molecule has 3 amide bonds. The first-order valence-corrected chi connectivity index (χ1v) is 15.8. The molecule has 0 saturated carbocycles. The van der Waals surface area contributed by atoms with Gasteiger partial charge < -0.3 is 26.0 Å².